The number of morpholine rings is 1. The van der Waals surface area contributed by atoms with Crippen LogP contribution in [0.1, 0.15) is 58.2 Å². The molecule has 2 atom stereocenters. The highest BCUT2D eigenvalue weighted by atomic mass is 16.5. The maximum absolute atomic E-state index is 6.04. The summed E-state index contributed by atoms with van der Waals surface area (Å²) in [5, 5.41) is 8.60. The van der Waals surface area contributed by atoms with Crippen molar-refractivity contribution in [3.8, 4) is 0 Å². The van der Waals surface area contributed by atoms with Gasteiger partial charge in [0.15, 0.2) is 0 Å². The summed E-state index contributed by atoms with van der Waals surface area (Å²) >= 11 is 0. The third-order valence-corrected chi connectivity index (χ3v) is 5.78. The van der Waals surface area contributed by atoms with E-state index in [1.54, 1.807) is 0 Å². The number of nitrogens with zero attached hydrogens (tertiary/aromatic N) is 3. The van der Waals surface area contributed by atoms with Gasteiger partial charge in [0, 0.05) is 51.3 Å². The molecule has 0 amide bonds. The zero-order valence-corrected chi connectivity index (χ0v) is 18.0. The third kappa shape index (κ3) is 4.66. The maximum atomic E-state index is 6.04. The summed E-state index contributed by atoms with van der Waals surface area (Å²) in [6, 6.07) is 0. The molecule has 2 aliphatic rings. The molecule has 154 valence electrons. The zero-order valence-electron chi connectivity index (χ0n) is 18.0. The van der Waals surface area contributed by atoms with Gasteiger partial charge in [-0.1, -0.05) is 34.6 Å². The first kappa shape index (κ1) is 20.6. The molecule has 3 heterocycles. The fourth-order valence-corrected chi connectivity index (χ4v) is 4.57. The van der Waals surface area contributed by atoms with Crippen molar-refractivity contribution >= 4 is 5.82 Å². The van der Waals surface area contributed by atoms with Gasteiger partial charge in [0.2, 0.25) is 0 Å². The van der Waals surface area contributed by atoms with Crippen LogP contribution < -0.4 is 10.2 Å². The van der Waals surface area contributed by atoms with Gasteiger partial charge in [0.1, 0.15) is 5.82 Å². The van der Waals surface area contributed by atoms with Gasteiger partial charge in [-0.3, -0.25) is 4.68 Å². The highest BCUT2D eigenvalue weighted by molar-refractivity contribution is 5.51. The molecule has 0 saturated carbocycles. The number of rotatable bonds is 6. The first-order valence-corrected chi connectivity index (χ1v) is 10.5. The van der Waals surface area contributed by atoms with Crippen LogP contribution in [0.15, 0.2) is 0 Å². The van der Waals surface area contributed by atoms with Crippen molar-refractivity contribution in [2.75, 3.05) is 44.4 Å². The number of ether oxygens (including phenoxy) is 2. The Bertz CT molecular complexity index is 614. The monoisotopic (exact) mass is 378 g/mol. The molecule has 0 bridgehead atoms. The molecule has 2 aliphatic heterocycles. The zero-order chi connectivity index (χ0) is 19.6. The van der Waals surface area contributed by atoms with Crippen LogP contribution in [0.5, 0.6) is 0 Å². The minimum Gasteiger partial charge on any atom is -0.378 e. The molecule has 2 saturated heterocycles. The molecule has 27 heavy (non-hydrogen) atoms. The lowest BCUT2D eigenvalue weighted by Gasteiger charge is -2.31. The smallest absolute Gasteiger partial charge is 0.131 e. The standard InChI is InChI=1S/C21H38N4O2/c1-15(2)18-17(20(24(6)23-18)25-8-11-26-12-9-25)14-22-13-16-7-10-27-19(16)21(3,4)5/h15-16,19,22H,7-14H2,1-6H3/t16-,19+/m1/s1. The average molecular weight is 379 g/mol. The lowest BCUT2D eigenvalue weighted by Crippen LogP contribution is -2.39. The number of hydrogen-bond donors (Lipinski definition) is 1. The Morgan fingerprint density at radius 1 is 1.19 bits per heavy atom. The number of aryl methyl sites for hydroxylation is 1. The molecule has 6 heteroatoms. The summed E-state index contributed by atoms with van der Waals surface area (Å²) in [6.07, 6.45) is 1.48. The van der Waals surface area contributed by atoms with E-state index in [4.69, 9.17) is 14.6 Å². The molecule has 1 aromatic rings. The normalized spacial score (nSPS) is 24.2. The molecule has 1 N–H and O–H groups in total. The Labute approximate surface area is 164 Å². The minimum absolute atomic E-state index is 0.194. The van der Waals surface area contributed by atoms with Gasteiger partial charge in [-0.2, -0.15) is 5.10 Å². The van der Waals surface area contributed by atoms with Crippen LogP contribution in [0.4, 0.5) is 5.82 Å². The molecule has 0 aromatic carbocycles. The molecular weight excluding hydrogens is 340 g/mol. The van der Waals surface area contributed by atoms with E-state index in [1.807, 2.05) is 0 Å². The highest BCUT2D eigenvalue weighted by Gasteiger charge is 2.37. The van der Waals surface area contributed by atoms with Gasteiger partial charge >= 0.3 is 0 Å². The second-order valence-corrected chi connectivity index (χ2v) is 9.40. The van der Waals surface area contributed by atoms with Crippen molar-refractivity contribution in [1.82, 2.24) is 15.1 Å². The number of hydrogen-bond acceptors (Lipinski definition) is 5. The lowest BCUT2D eigenvalue weighted by atomic mass is 9.81. The Morgan fingerprint density at radius 2 is 1.89 bits per heavy atom. The van der Waals surface area contributed by atoms with Crippen molar-refractivity contribution in [1.29, 1.82) is 0 Å². The largest absolute Gasteiger partial charge is 0.378 e. The summed E-state index contributed by atoms with van der Waals surface area (Å²) < 4.78 is 13.6. The van der Waals surface area contributed by atoms with Gasteiger partial charge in [-0.05, 0) is 17.8 Å². The summed E-state index contributed by atoms with van der Waals surface area (Å²) in [7, 11) is 2.07. The number of aromatic nitrogens is 2. The maximum Gasteiger partial charge on any atom is 0.131 e. The highest BCUT2D eigenvalue weighted by Crippen LogP contribution is 2.35. The van der Waals surface area contributed by atoms with E-state index in [1.165, 1.54) is 17.1 Å². The average Bonchev–Trinajstić information content (AvgIpc) is 3.20. The van der Waals surface area contributed by atoms with Crippen molar-refractivity contribution in [2.45, 2.75) is 59.6 Å². The van der Waals surface area contributed by atoms with Gasteiger partial charge in [-0.15, -0.1) is 0 Å². The van der Waals surface area contributed by atoms with Crippen LogP contribution in [0, 0.1) is 11.3 Å². The van der Waals surface area contributed by atoms with Crippen molar-refractivity contribution in [3.63, 3.8) is 0 Å². The van der Waals surface area contributed by atoms with Crippen LogP contribution in [-0.2, 0) is 23.1 Å². The van der Waals surface area contributed by atoms with Crippen LogP contribution in [0.2, 0.25) is 0 Å². The summed E-state index contributed by atoms with van der Waals surface area (Å²) in [5.41, 5.74) is 2.75. The quantitative estimate of drug-likeness (QED) is 0.825. The van der Waals surface area contributed by atoms with Gasteiger partial charge < -0.3 is 19.7 Å². The van der Waals surface area contributed by atoms with Gasteiger partial charge in [-0.25, -0.2) is 0 Å². The minimum atomic E-state index is 0.194. The molecule has 0 aliphatic carbocycles. The fraction of sp³-hybridized carbons (Fsp3) is 0.857. The van der Waals surface area contributed by atoms with Crippen molar-refractivity contribution in [3.05, 3.63) is 11.3 Å². The molecule has 1 aromatic heterocycles. The summed E-state index contributed by atoms with van der Waals surface area (Å²) in [5.74, 6) is 2.25. The first-order valence-electron chi connectivity index (χ1n) is 10.5. The SMILES string of the molecule is CC(C)c1nn(C)c(N2CCOCC2)c1CNC[C@H]1CCO[C@@H]1C(C)(C)C. The molecule has 2 fully saturated rings. The number of nitrogens with one attached hydrogen (secondary N) is 1. The van der Waals surface area contributed by atoms with Gasteiger partial charge in [0.05, 0.1) is 25.0 Å². The molecule has 0 spiro atoms. The third-order valence-electron chi connectivity index (χ3n) is 5.78. The predicted molar refractivity (Wildman–Crippen MR) is 109 cm³/mol. The topological polar surface area (TPSA) is 51.5 Å². The molecule has 0 radical (unpaired) electrons. The van der Waals surface area contributed by atoms with Crippen molar-refractivity contribution < 1.29 is 9.47 Å². The second kappa shape index (κ2) is 8.50. The van der Waals surface area contributed by atoms with Gasteiger partial charge in [0.25, 0.3) is 0 Å². The fourth-order valence-electron chi connectivity index (χ4n) is 4.57. The Kier molecular flexibility index (Phi) is 6.49. The molecular formula is C21H38N4O2. The van der Waals surface area contributed by atoms with Crippen LogP contribution in [0.3, 0.4) is 0 Å². The Morgan fingerprint density at radius 3 is 2.52 bits per heavy atom. The van der Waals surface area contributed by atoms with E-state index in [-0.39, 0.29) is 5.41 Å². The van der Waals surface area contributed by atoms with Crippen LogP contribution in [-0.4, -0.2) is 55.3 Å². The Hall–Kier alpha value is -1.11. The summed E-state index contributed by atoms with van der Waals surface area (Å²) in [4.78, 5) is 2.43. The number of anilines is 1. The second-order valence-electron chi connectivity index (χ2n) is 9.40. The predicted octanol–water partition coefficient (Wildman–Crippen LogP) is 2.92. The van der Waals surface area contributed by atoms with E-state index < -0.39 is 0 Å². The van der Waals surface area contributed by atoms with Crippen LogP contribution in [0.25, 0.3) is 0 Å². The van der Waals surface area contributed by atoms with E-state index in [0.717, 1.165) is 52.4 Å². The lowest BCUT2D eigenvalue weighted by molar-refractivity contribution is 0.00720. The summed E-state index contributed by atoms with van der Waals surface area (Å²) in [6.45, 7) is 17.5. The van der Waals surface area contributed by atoms with Crippen molar-refractivity contribution in [2.24, 2.45) is 18.4 Å². The first-order chi connectivity index (χ1) is 12.8. The van der Waals surface area contributed by atoms with E-state index in [9.17, 15) is 0 Å². The van der Waals surface area contributed by atoms with Crippen LogP contribution >= 0.6 is 0 Å². The Balaban J connectivity index is 1.71. The van der Waals surface area contributed by atoms with E-state index >= 15 is 0 Å². The molecule has 6 nitrogen and oxygen atoms in total. The molecule has 3 rings (SSSR count). The van der Waals surface area contributed by atoms with E-state index in [2.05, 4.69) is 56.6 Å². The van der Waals surface area contributed by atoms with E-state index in [0.29, 0.717) is 17.9 Å². The molecule has 0 unspecified atom stereocenters.